The average molecular weight is 361 g/mol. The summed E-state index contributed by atoms with van der Waals surface area (Å²) in [6.07, 6.45) is 4.17. The maximum Gasteiger partial charge on any atom is 0.249 e. The van der Waals surface area contributed by atoms with Crippen molar-refractivity contribution in [3.05, 3.63) is 35.4 Å². The van der Waals surface area contributed by atoms with Gasteiger partial charge in [-0.1, -0.05) is 38.1 Å². The third kappa shape index (κ3) is 2.39. The largest absolute Gasteiger partial charge is 0.392 e. The zero-order chi connectivity index (χ0) is 17.8. The van der Waals surface area contributed by atoms with Crippen LogP contribution in [0.3, 0.4) is 0 Å². The maximum absolute atomic E-state index is 13.1. The van der Waals surface area contributed by atoms with E-state index in [1.165, 1.54) is 12.8 Å². The summed E-state index contributed by atoms with van der Waals surface area (Å²) in [5.41, 5.74) is 8.75. The van der Waals surface area contributed by atoms with Crippen LogP contribution in [-0.4, -0.2) is 33.2 Å². The number of aliphatic hydroxyl groups is 1. The molecule has 1 heterocycles. The van der Waals surface area contributed by atoms with E-state index < -0.39 is 6.04 Å². The molecule has 4 atom stereocenters. The molecule has 2 saturated carbocycles. The maximum atomic E-state index is 13.1. The number of hydrogen-bond donors (Lipinski definition) is 2. The minimum Gasteiger partial charge on any atom is -0.392 e. The summed E-state index contributed by atoms with van der Waals surface area (Å²) in [5, 5.41) is 9.49. The first kappa shape index (κ1) is 17.4. The quantitative estimate of drug-likeness (QED) is 0.810. The van der Waals surface area contributed by atoms with Crippen LogP contribution in [0.2, 0.25) is 0 Å². The van der Waals surface area contributed by atoms with Crippen LogP contribution in [0.4, 0.5) is 0 Å². The van der Waals surface area contributed by atoms with Crippen molar-refractivity contribution in [2.75, 3.05) is 5.75 Å². The number of nitrogens with zero attached hydrogens (tertiary/aromatic N) is 1. The number of hydrogen-bond acceptors (Lipinski definition) is 4. The van der Waals surface area contributed by atoms with Gasteiger partial charge in [-0.2, -0.15) is 0 Å². The predicted molar refractivity (Wildman–Crippen MR) is 101 cm³/mol. The van der Waals surface area contributed by atoms with Crippen LogP contribution in [0.1, 0.15) is 44.2 Å². The Bertz CT molecular complexity index is 692. The average Bonchev–Trinajstić information content (AvgIpc) is 3.18. The lowest BCUT2D eigenvalue weighted by Crippen LogP contribution is -2.48. The SMILES string of the molecule is CC1(C)C2CCC13CSN(C(=O)C(N)Cc1ccccc1CO)C3C2. The fourth-order valence-corrected chi connectivity index (χ4v) is 7.40. The number of rotatable bonds is 4. The van der Waals surface area contributed by atoms with Crippen LogP contribution in [0, 0.1) is 16.7 Å². The molecule has 0 aromatic heterocycles. The molecule has 4 unspecified atom stereocenters. The van der Waals surface area contributed by atoms with Crippen LogP contribution in [0.5, 0.6) is 0 Å². The number of benzene rings is 1. The molecule has 4 nitrogen and oxygen atoms in total. The van der Waals surface area contributed by atoms with E-state index in [9.17, 15) is 9.90 Å². The van der Waals surface area contributed by atoms with Gasteiger partial charge in [0.15, 0.2) is 0 Å². The molecule has 0 radical (unpaired) electrons. The summed E-state index contributed by atoms with van der Waals surface area (Å²) in [6, 6.07) is 7.49. The Balaban J connectivity index is 1.51. The second kappa shape index (κ2) is 6.00. The van der Waals surface area contributed by atoms with Crippen LogP contribution >= 0.6 is 11.9 Å². The Morgan fingerprint density at radius 1 is 1.40 bits per heavy atom. The normalized spacial score (nSPS) is 33.5. The van der Waals surface area contributed by atoms with Gasteiger partial charge in [-0.3, -0.25) is 9.10 Å². The molecule has 2 aliphatic carbocycles. The van der Waals surface area contributed by atoms with Crippen molar-refractivity contribution in [2.45, 2.75) is 58.2 Å². The molecule has 3 N–H and O–H groups in total. The monoisotopic (exact) mass is 360 g/mol. The second-order valence-corrected chi connectivity index (χ2v) is 9.48. The van der Waals surface area contributed by atoms with Crippen molar-refractivity contribution < 1.29 is 9.90 Å². The van der Waals surface area contributed by atoms with E-state index >= 15 is 0 Å². The van der Waals surface area contributed by atoms with Gasteiger partial charge in [0.2, 0.25) is 5.91 Å². The predicted octanol–water partition coefficient (Wildman–Crippen LogP) is 2.73. The van der Waals surface area contributed by atoms with Crippen LogP contribution in [0.25, 0.3) is 0 Å². The number of carbonyl (C=O) groups excluding carboxylic acids is 1. The molecule has 136 valence electrons. The number of carbonyl (C=O) groups is 1. The van der Waals surface area contributed by atoms with Gasteiger partial charge in [0.1, 0.15) is 0 Å². The Morgan fingerprint density at radius 2 is 2.12 bits per heavy atom. The molecule has 1 aliphatic heterocycles. The summed E-state index contributed by atoms with van der Waals surface area (Å²) in [6.45, 7) is 4.78. The highest BCUT2D eigenvalue weighted by Crippen LogP contribution is 2.71. The van der Waals surface area contributed by atoms with E-state index in [1.54, 1.807) is 11.9 Å². The molecular formula is C20H28N2O2S. The van der Waals surface area contributed by atoms with E-state index in [4.69, 9.17) is 5.73 Å². The van der Waals surface area contributed by atoms with E-state index in [1.807, 2.05) is 28.6 Å². The molecule has 1 amide bonds. The molecule has 3 fully saturated rings. The van der Waals surface area contributed by atoms with E-state index in [2.05, 4.69) is 13.8 Å². The highest BCUT2D eigenvalue weighted by atomic mass is 32.2. The van der Waals surface area contributed by atoms with Gasteiger partial charge in [0.05, 0.1) is 18.7 Å². The third-order valence-electron chi connectivity index (χ3n) is 7.40. The molecule has 3 aliphatic rings. The molecule has 4 rings (SSSR count). The minimum atomic E-state index is -0.544. The van der Waals surface area contributed by atoms with Crippen LogP contribution < -0.4 is 5.73 Å². The first-order valence-corrected chi connectivity index (χ1v) is 10.2. The first-order valence-electron chi connectivity index (χ1n) is 9.30. The molecule has 1 spiro atoms. The number of aliphatic hydroxyl groups excluding tert-OH is 1. The third-order valence-corrected chi connectivity index (χ3v) is 8.75. The summed E-state index contributed by atoms with van der Waals surface area (Å²) >= 11 is 1.70. The highest BCUT2D eigenvalue weighted by molar-refractivity contribution is 7.97. The van der Waals surface area contributed by atoms with Gasteiger partial charge in [-0.25, -0.2) is 0 Å². The van der Waals surface area contributed by atoms with E-state index in [0.29, 0.717) is 17.9 Å². The zero-order valence-electron chi connectivity index (χ0n) is 15.1. The summed E-state index contributed by atoms with van der Waals surface area (Å²) in [4.78, 5) is 13.1. The highest BCUT2D eigenvalue weighted by Gasteiger charge is 2.68. The summed E-state index contributed by atoms with van der Waals surface area (Å²) in [5.74, 6) is 1.84. The topological polar surface area (TPSA) is 66.6 Å². The molecule has 1 aromatic rings. The van der Waals surface area contributed by atoms with Crippen molar-refractivity contribution in [2.24, 2.45) is 22.5 Å². The molecule has 1 saturated heterocycles. The molecule has 5 heteroatoms. The zero-order valence-corrected chi connectivity index (χ0v) is 15.9. The van der Waals surface area contributed by atoms with Gasteiger partial charge in [-0.15, -0.1) is 0 Å². The van der Waals surface area contributed by atoms with Gasteiger partial charge in [-0.05, 0) is 60.1 Å². The van der Waals surface area contributed by atoms with Crippen molar-refractivity contribution in [1.82, 2.24) is 4.31 Å². The summed E-state index contributed by atoms with van der Waals surface area (Å²) < 4.78 is 2.02. The first-order chi connectivity index (χ1) is 11.9. The number of nitrogens with two attached hydrogens (primary N) is 1. The Morgan fingerprint density at radius 3 is 2.80 bits per heavy atom. The standard InChI is InChI=1S/C20H28N2O2S/c1-19(2)15-7-8-20(19)12-25-22(17(20)10-15)18(24)16(21)9-13-5-3-4-6-14(13)11-23/h3-6,15-17,23H,7-12,21H2,1-2H3. The molecule has 1 aromatic carbocycles. The van der Waals surface area contributed by atoms with Crippen molar-refractivity contribution >= 4 is 17.9 Å². The smallest absolute Gasteiger partial charge is 0.249 e. The van der Waals surface area contributed by atoms with Gasteiger partial charge < -0.3 is 10.8 Å². The minimum absolute atomic E-state index is 0.0167. The Hall–Kier alpha value is -1.04. The Kier molecular flexibility index (Phi) is 4.17. The lowest BCUT2D eigenvalue weighted by atomic mass is 9.69. The van der Waals surface area contributed by atoms with Gasteiger partial charge in [0, 0.05) is 11.2 Å². The van der Waals surface area contributed by atoms with E-state index in [-0.39, 0.29) is 17.9 Å². The lowest BCUT2D eigenvalue weighted by Gasteiger charge is -2.38. The number of amides is 1. The Labute approximate surface area is 154 Å². The molecule has 25 heavy (non-hydrogen) atoms. The van der Waals surface area contributed by atoms with Crippen LogP contribution in [0.15, 0.2) is 24.3 Å². The fourth-order valence-electron chi connectivity index (χ4n) is 5.59. The van der Waals surface area contributed by atoms with E-state index in [0.717, 1.165) is 29.2 Å². The van der Waals surface area contributed by atoms with Crippen molar-refractivity contribution in [1.29, 1.82) is 0 Å². The van der Waals surface area contributed by atoms with Gasteiger partial charge >= 0.3 is 0 Å². The van der Waals surface area contributed by atoms with Crippen LogP contribution in [-0.2, 0) is 17.8 Å². The number of fused-ring (bicyclic) bond motifs is 1. The molecule has 2 bridgehead atoms. The second-order valence-electron chi connectivity index (χ2n) is 8.54. The summed E-state index contributed by atoms with van der Waals surface area (Å²) in [7, 11) is 0. The van der Waals surface area contributed by atoms with Crippen molar-refractivity contribution in [3.8, 4) is 0 Å². The lowest BCUT2D eigenvalue weighted by molar-refractivity contribution is -0.130. The van der Waals surface area contributed by atoms with Gasteiger partial charge in [0.25, 0.3) is 0 Å². The van der Waals surface area contributed by atoms with Crippen molar-refractivity contribution in [3.63, 3.8) is 0 Å². The molecular weight excluding hydrogens is 332 g/mol. The fraction of sp³-hybridized carbons (Fsp3) is 0.650.